The number of nitrogens with one attached hydrogen (secondary N) is 1. The maximum Gasteiger partial charge on any atom is 0.266 e. The molecule has 6 heteroatoms. The maximum absolute atomic E-state index is 11.7. The number of nitrogens with two attached hydrogens (primary N) is 1. The molecule has 0 spiro atoms. The van der Waals surface area contributed by atoms with Crippen molar-refractivity contribution in [2.24, 2.45) is 5.73 Å². The van der Waals surface area contributed by atoms with Gasteiger partial charge < -0.3 is 11.1 Å². The van der Waals surface area contributed by atoms with Crippen molar-refractivity contribution >= 4 is 11.8 Å². The first-order valence-electron chi connectivity index (χ1n) is 5.61. The van der Waals surface area contributed by atoms with Gasteiger partial charge in [-0.2, -0.15) is 5.10 Å². The first-order valence-corrected chi connectivity index (χ1v) is 5.61. The van der Waals surface area contributed by atoms with Gasteiger partial charge in [0.25, 0.3) is 5.91 Å². The number of unbranched alkanes of at least 4 members (excludes halogenated alkanes) is 1. The molecule has 1 rings (SSSR count). The van der Waals surface area contributed by atoms with Gasteiger partial charge in [-0.25, -0.2) is 4.68 Å². The zero-order chi connectivity index (χ0) is 12.9. The Kier molecular flexibility index (Phi) is 4.25. The predicted octanol–water partition coefficient (Wildman–Crippen LogP) is 0.347. The summed E-state index contributed by atoms with van der Waals surface area (Å²) in [7, 11) is 0. The highest BCUT2D eigenvalue weighted by Gasteiger charge is 2.39. The number of amides is 2. The molecule has 0 aliphatic rings. The van der Waals surface area contributed by atoms with E-state index >= 15 is 0 Å². The quantitative estimate of drug-likeness (QED) is 0.749. The second-order valence-electron chi connectivity index (χ2n) is 3.96. The van der Waals surface area contributed by atoms with Crippen LogP contribution in [0.2, 0.25) is 0 Å². The van der Waals surface area contributed by atoms with E-state index in [4.69, 9.17) is 5.73 Å². The van der Waals surface area contributed by atoms with Crippen LogP contribution in [0.5, 0.6) is 0 Å². The number of nitrogens with zero attached hydrogens (tertiary/aromatic N) is 2. The number of primary amides is 1. The SMILES string of the molecule is CCCCC(NC(C)=O)(C(N)=O)n1cccn1. The van der Waals surface area contributed by atoms with Gasteiger partial charge in [0.2, 0.25) is 11.6 Å². The molecule has 0 aliphatic carbocycles. The Bertz CT molecular complexity index is 388. The Labute approximate surface area is 100 Å². The summed E-state index contributed by atoms with van der Waals surface area (Å²) in [6.07, 6.45) is 5.26. The van der Waals surface area contributed by atoms with Crippen LogP contribution in [0, 0.1) is 0 Å². The lowest BCUT2D eigenvalue weighted by Gasteiger charge is -2.31. The highest BCUT2D eigenvalue weighted by atomic mass is 16.2. The fourth-order valence-electron chi connectivity index (χ4n) is 1.75. The minimum Gasteiger partial charge on any atom is -0.366 e. The second kappa shape index (κ2) is 5.47. The Balaban J connectivity index is 3.11. The fourth-order valence-corrected chi connectivity index (χ4v) is 1.75. The predicted molar refractivity (Wildman–Crippen MR) is 62.7 cm³/mol. The van der Waals surface area contributed by atoms with E-state index in [1.807, 2.05) is 6.92 Å². The third-order valence-corrected chi connectivity index (χ3v) is 2.58. The van der Waals surface area contributed by atoms with Crippen LogP contribution in [0.4, 0.5) is 0 Å². The van der Waals surface area contributed by atoms with E-state index in [1.165, 1.54) is 11.6 Å². The number of carbonyl (C=O) groups excluding carboxylic acids is 2. The van der Waals surface area contributed by atoms with Gasteiger partial charge in [0.1, 0.15) is 0 Å². The standard InChI is InChI=1S/C11H18N4O2/c1-3-4-6-11(10(12)17,14-9(2)16)15-8-5-7-13-15/h5,7-8H,3-4,6H2,1-2H3,(H2,12,17)(H,14,16). The molecule has 3 N–H and O–H groups in total. The molecular weight excluding hydrogens is 220 g/mol. The van der Waals surface area contributed by atoms with Crippen molar-refractivity contribution in [1.82, 2.24) is 15.1 Å². The molecule has 1 aromatic rings. The first-order chi connectivity index (χ1) is 8.03. The Morgan fingerprint density at radius 1 is 1.53 bits per heavy atom. The van der Waals surface area contributed by atoms with E-state index in [-0.39, 0.29) is 5.91 Å². The number of rotatable bonds is 6. The topological polar surface area (TPSA) is 90.0 Å². The van der Waals surface area contributed by atoms with Crippen LogP contribution in [-0.4, -0.2) is 21.6 Å². The summed E-state index contributed by atoms with van der Waals surface area (Å²) in [5.74, 6) is -0.916. The molecule has 1 aromatic heterocycles. The van der Waals surface area contributed by atoms with Crippen molar-refractivity contribution in [2.45, 2.75) is 38.8 Å². The average molecular weight is 238 g/mol. The molecule has 0 aliphatic heterocycles. The van der Waals surface area contributed by atoms with Gasteiger partial charge in [0.15, 0.2) is 0 Å². The van der Waals surface area contributed by atoms with E-state index < -0.39 is 11.6 Å². The Hall–Kier alpha value is -1.85. The normalized spacial score (nSPS) is 14.0. The van der Waals surface area contributed by atoms with Gasteiger partial charge in [-0.05, 0) is 12.5 Å². The van der Waals surface area contributed by atoms with Crippen LogP contribution in [0.15, 0.2) is 18.5 Å². The number of hydrogen-bond donors (Lipinski definition) is 2. The molecule has 94 valence electrons. The van der Waals surface area contributed by atoms with E-state index in [0.717, 1.165) is 12.8 Å². The van der Waals surface area contributed by atoms with E-state index in [2.05, 4.69) is 10.4 Å². The van der Waals surface area contributed by atoms with Gasteiger partial charge in [-0.3, -0.25) is 9.59 Å². The molecule has 2 amide bonds. The van der Waals surface area contributed by atoms with Crippen molar-refractivity contribution in [3.63, 3.8) is 0 Å². The van der Waals surface area contributed by atoms with Gasteiger partial charge in [-0.15, -0.1) is 0 Å². The van der Waals surface area contributed by atoms with Crippen LogP contribution in [0.25, 0.3) is 0 Å². The van der Waals surface area contributed by atoms with Gasteiger partial charge >= 0.3 is 0 Å². The summed E-state index contributed by atoms with van der Waals surface area (Å²) in [6.45, 7) is 3.36. The van der Waals surface area contributed by atoms with Crippen LogP contribution in [0.3, 0.4) is 0 Å². The van der Waals surface area contributed by atoms with Gasteiger partial charge in [0.05, 0.1) is 0 Å². The van der Waals surface area contributed by atoms with Crippen LogP contribution in [-0.2, 0) is 15.3 Å². The molecular formula is C11H18N4O2. The number of carbonyl (C=O) groups is 2. The second-order valence-corrected chi connectivity index (χ2v) is 3.96. The fraction of sp³-hybridized carbons (Fsp3) is 0.545. The molecule has 1 heterocycles. The number of hydrogen-bond acceptors (Lipinski definition) is 3. The van der Waals surface area contributed by atoms with Crippen molar-refractivity contribution in [3.05, 3.63) is 18.5 Å². The minimum absolute atomic E-state index is 0.310. The summed E-state index contributed by atoms with van der Waals surface area (Å²) in [5, 5.41) is 6.63. The van der Waals surface area contributed by atoms with Gasteiger partial charge in [-0.1, -0.05) is 13.3 Å². The van der Waals surface area contributed by atoms with Crippen LogP contribution in [0.1, 0.15) is 33.1 Å². The Morgan fingerprint density at radius 3 is 2.65 bits per heavy atom. The highest BCUT2D eigenvalue weighted by molar-refractivity contribution is 5.87. The van der Waals surface area contributed by atoms with Crippen LogP contribution < -0.4 is 11.1 Å². The molecule has 0 fully saturated rings. The smallest absolute Gasteiger partial charge is 0.266 e. The van der Waals surface area contributed by atoms with Gasteiger partial charge in [0, 0.05) is 25.7 Å². The van der Waals surface area contributed by atoms with E-state index in [0.29, 0.717) is 6.42 Å². The molecule has 0 bridgehead atoms. The molecule has 17 heavy (non-hydrogen) atoms. The highest BCUT2D eigenvalue weighted by Crippen LogP contribution is 2.19. The van der Waals surface area contributed by atoms with Crippen molar-refractivity contribution in [3.8, 4) is 0 Å². The maximum atomic E-state index is 11.7. The molecule has 0 saturated heterocycles. The largest absolute Gasteiger partial charge is 0.366 e. The van der Waals surface area contributed by atoms with Crippen molar-refractivity contribution in [1.29, 1.82) is 0 Å². The first kappa shape index (κ1) is 13.2. The summed E-state index contributed by atoms with van der Waals surface area (Å²) in [4.78, 5) is 23.0. The summed E-state index contributed by atoms with van der Waals surface area (Å²) >= 11 is 0. The lowest BCUT2D eigenvalue weighted by atomic mass is 10.0. The van der Waals surface area contributed by atoms with E-state index in [9.17, 15) is 9.59 Å². The third kappa shape index (κ3) is 2.83. The third-order valence-electron chi connectivity index (χ3n) is 2.58. The Morgan fingerprint density at radius 2 is 2.24 bits per heavy atom. The monoisotopic (exact) mass is 238 g/mol. The average Bonchev–Trinajstić information content (AvgIpc) is 2.76. The zero-order valence-corrected chi connectivity index (χ0v) is 10.1. The molecule has 0 saturated carbocycles. The molecule has 0 radical (unpaired) electrons. The molecule has 1 unspecified atom stereocenters. The number of aromatic nitrogens is 2. The molecule has 0 aromatic carbocycles. The van der Waals surface area contributed by atoms with Crippen molar-refractivity contribution in [2.75, 3.05) is 0 Å². The molecule has 1 atom stereocenters. The minimum atomic E-state index is -1.26. The summed E-state index contributed by atoms with van der Waals surface area (Å²) < 4.78 is 1.41. The summed E-state index contributed by atoms with van der Waals surface area (Å²) in [6, 6.07) is 1.69. The molecule has 6 nitrogen and oxygen atoms in total. The lowest BCUT2D eigenvalue weighted by Crippen LogP contribution is -2.58. The zero-order valence-electron chi connectivity index (χ0n) is 10.1. The van der Waals surface area contributed by atoms with Crippen molar-refractivity contribution < 1.29 is 9.59 Å². The van der Waals surface area contributed by atoms with Crippen LogP contribution >= 0.6 is 0 Å². The van der Waals surface area contributed by atoms with E-state index in [1.54, 1.807) is 18.5 Å². The summed E-state index contributed by atoms with van der Waals surface area (Å²) in [5.41, 5.74) is 4.18. The lowest BCUT2D eigenvalue weighted by molar-refractivity contribution is -0.136.